The van der Waals surface area contributed by atoms with Gasteiger partial charge in [-0.1, -0.05) is 50.2 Å². The molecule has 11 heteroatoms. The number of ether oxygens (including phenoxy) is 2. The van der Waals surface area contributed by atoms with Crippen LogP contribution in [0.25, 0.3) is 0 Å². The minimum atomic E-state index is -4.24. The zero-order chi connectivity index (χ0) is 29.6. The van der Waals surface area contributed by atoms with Crippen LogP contribution < -0.4 is 19.1 Å². The van der Waals surface area contributed by atoms with Crippen LogP contribution in [0.2, 0.25) is 0 Å². The van der Waals surface area contributed by atoms with Crippen molar-refractivity contribution in [2.75, 3.05) is 30.6 Å². The molecule has 0 fully saturated rings. The molecule has 0 aliphatic carbocycles. The van der Waals surface area contributed by atoms with Gasteiger partial charge in [-0.15, -0.1) is 0 Å². The largest absolute Gasteiger partial charge is 0.486 e. The third-order valence-electron chi connectivity index (χ3n) is 6.57. The molecule has 1 aliphatic rings. The Kier molecular flexibility index (Phi) is 9.49. The number of hydrogen-bond acceptors (Lipinski definition) is 6. The van der Waals surface area contributed by atoms with E-state index in [1.54, 1.807) is 30.3 Å². The van der Waals surface area contributed by atoms with Crippen LogP contribution >= 0.6 is 0 Å². The molecule has 3 aromatic carbocycles. The van der Waals surface area contributed by atoms with E-state index in [0.717, 1.165) is 4.31 Å². The topological polar surface area (TPSA) is 105 Å². The summed E-state index contributed by atoms with van der Waals surface area (Å²) in [5.74, 6) is -0.682. The minimum absolute atomic E-state index is 0.0222. The molecule has 218 valence electrons. The number of carbonyl (C=O) groups excluding carboxylic acids is 2. The third kappa shape index (κ3) is 7.15. The van der Waals surface area contributed by atoms with Gasteiger partial charge in [-0.05, 0) is 43.2 Å². The van der Waals surface area contributed by atoms with Crippen LogP contribution in [0, 0.1) is 11.7 Å². The SMILES string of the molecule is CC(C)CNC(=O)[C@@H](C)N(Cc1ccccc1F)C(=O)CN(c1ccc2c(c1)OCCO2)S(=O)(=O)c1ccccc1. The average Bonchev–Trinajstić information content (AvgIpc) is 2.97. The first-order valence-electron chi connectivity index (χ1n) is 13.4. The first-order chi connectivity index (χ1) is 19.6. The number of carbonyl (C=O) groups is 2. The summed E-state index contributed by atoms with van der Waals surface area (Å²) in [5, 5.41) is 2.80. The Labute approximate surface area is 239 Å². The van der Waals surface area contributed by atoms with E-state index < -0.39 is 40.2 Å². The number of halogens is 1. The van der Waals surface area contributed by atoms with E-state index in [2.05, 4.69) is 5.32 Å². The highest BCUT2D eigenvalue weighted by atomic mass is 32.2. The summed E-state index contributed by atoms with van der Waals surface area (Å²) in [6.07, 6.45) is 0. The average molecular weight is 584 g/mol. The van der Waals surface area contributed by atoms with Gasteiger partial charge in [0.15, 0.2) is 11.5 Å². The number of rotatable bonds is 11. The number of nitrogens with zero attached hydrogens (tertiary/aromatic N) is 2. The lowest BCUT2D eigenvalue weighted by Crippen LogP contribution is -2.51. The number of fused-ring (bicyclic) bond motifs is 1. The fraction of sp³-hybridized carbons (Fsp3) is 0.333. The summed E-state index contributed by atoms with van der Waals surface area (Å²) in [5.41, 5.74) is 0.371. The van der Waals surface area contributed by atoms with Gasteiger partial charge in [-0.2, -0.15) is 0 Å². The Bertz CT molecular complexity index is 1480. The quantitative estimate of drug-likeness (QED) is 0.366. The molecule has 9 nitrogen and oxygen atoms in total. The lowest BCUT2D eigenvalue weighted by atomic mass is 10.1. The van der Waals surface area contributed by atoms with E-state index in [1.807, 2.05) is 13.8 Å². The van der Waals surface area contributed by atoms with E-state index in [9.17, 15) is 22.4 Å². The van der Waals surface area contributed by atoms with Crippen LogP contribution in [0.4, 0.5) is 10.1 Å². The van der Waals surface area contributed by atoms with Crippen LogP contribution in [-0.4, -0.2) is 57.5 Å². The summed E-state index contributed by atoms with van der Waals surface area (Å²) in [4.78, 5) is 28.2. The molecule has 0 unspecified atom stereocenters. The maximum Gasteiger partial charge on any atom is 0.264 e. The van der Waals surface area contributed by atoms with Crippen LogP contribution in [0.3, 0.4) is 0 Å². The Morgan fingerprint density at radius 3 is 2.27 bits per heavy atom. The maximum atomic E-state index is 14.7. The van der Waals surface area contributed by atoms with Gasteiger partial charge in [0.1, 0.15) is 31.6 Å². The second kappa shape index (κ2) is 13.0. The monoisotopic (exact) mass is 583 g/mol. The molecule has 0 aromatic heterocycles. The van der Waals surface area contributed by atoms with Crippen LogP contribution in [-0.2, 0) is 26.2 Å². The Morgan fingerprint density at radius 1 is 0.927 bits per heavy atom. The molecule has 1 atom stereocenters. The van der Waals surface area contributed by atoms with E-state index >= 15 is 0 Å². The first kappa shape index (κ1) is 29.9. The van der Waals surface area contributed by atoms with Crippen molar-refractivity contribution >= 4 is 27.5 Å². The van der Waals surface area contributed by atoms with Crippen LogP contribution in [0.5, 0.6) is 11.5 Å². The third-order valence-corrected chi connectivity index (χ3v) is 8.36. The molecule has 0 saturated heterocycles. The normalized spacial score (nSPS) is 13.4. The van der Waals surface area contributed by atoms with Gasteiger partial charge < -0.3 is 19.7 Å². The van der Waals surface area contributed by atoms with Gasteiger partial charge in [0.05, 0.1) is 10.6 Å². The summed E-state index contributed by atoms with van der Waals surface area (Å²) in [7, 11) is -4.24. The fourth-order valence-corrected chi connectivity index (χ4v) is 5.71. The van der Waals surface area contributed by atoms with Gasteiger partial charge >= 0.3 is 0 Å². The summed E-state index contributed by atoms with van der Waals surface area (Å²) in [6, 6.07) is 17.3. The highest BCUT2D eigenvalue weighted by Gasteiger charge is 2.33. The second-order valence-corrected chi connectivity index (χ2v) is 11.9. The smallest absolute Gasteiger partial charge is 0.264 e. The van der Waals surface area contributed by atoms with E-state index in [0.29, 0.717) is 31.3 Å². The number of nitrogens with one attached hydrogen (secondary N) is 1. The molecule has 0 bridgehead atoms. The molecule has 0 spiro atoms. The van der Waals surface area contributed by atoms with Crippen molar-refractivity contribution in [3.63, 3.8) is 0 Å². The molecule has 0 saturated carbocycles. The minimum Gasteiger partial charge on any atom is -0.486 e. The number of benzene rings is 3. The van der Waals surface area contributed by atoms with Crippen LogP contribution in [0.15, 0.2) is 77.7 Å². The van der Waals surface area contributed by atoms with Gasteiger partial charge in [-0.25, -0.2) is 12.8 Å². The molecule has 1 N–H and O–H groups in total. The molecule has 4 rings (SSSR count). The molecule has 1 aliphatic heterocycles. The first-order valence-corrected chi connectivity index (χ1v) is 14.8. The van der Waals surface area contributed by atoms with Crippen molar-refractivity contribution in [3.05, 3.63) is 84.2 Å². The van der Waals surface area contributed by atoms with Crippen molar-refractivity contribution in [2.24, 2.45) is 5.92 Å². The fourth-order valence-electron chi connectivity index (χ4n) is 4.28. The molecule has 3 aromatic rings. The molecular formula is C30H34FN3O6S. The van der Waals surface area contributed by atoms with E-state index in [4.69, 9.17) is 9.47 Å². The van der Waals surface area contributed by atoms with Crippen molar-refractivity contribution in [3.8, 4) is 11.5 Å². The Morgan fingerprint density at radius 2 is 1.59 bits per heavy atom. The summed E-state index contributed by atoms with van der Waals surface area (Å²) in [6.45, 7) is 5.57. The van der Waals surface area contributed by atoms with Gasteiger partial charge in [0.2, 0.25) is 11.8 Å². The Balaban J connectivity index is 1.72. The molecule has 1 heterocycles. The predicted molar refractivity (Wildman–Crippen MR) is 153 cm³/mol. The lowest BCUT2D eigenvalue weighted by Gasteiger charge is -2.32. The zero-order valence-electron chi connectivity index (χ0n) is 23.2. The predicted octanol–water partition coefficient (Wildman–Crippen LogP) is 3.98. The summed E-state index contributed by atoms with van der Waals surface area (Å²) < 4.78 is 54.7. The number of hydrogen-bond donors (Lipinski definition) is 1. The zero-order valence-corrected chi connectivity index (χ0v) is 24.1. The van der Waals surface area contributed by atoms with Gasteiger partial charge in [0.25, 0.3) is 10.0 Å². The molecular weight excluding hydrogens is 549 g/mol. The molecule has 0 radical (unpaired) electrons. The number of sulfonamides is 1. The highest BCUT2D eigenvalue weighted by molar-refractivity contribution is 7.92. The Hall–Kier alpha value is -4.12. The van der Waals surface area contributed by atoms with Crippen LogP contribution in [0.1, 0.15) is 26.3 Å². The summed E-state index contributed by atoms with van der Waals surface area (Å²) >= 11 is 0. The van der Waals surface area contributed by atoms with Crippen molar-refractivity contribution < 1.29 is 31.9 Å². The number of amides is 2. The number of anilines is 1. The maximum absolute atomic E-state index is 14.7. The van der Waals surface area contributed by atoms with Gasteiger partial charge in [0, 0.05) is 24.7 Å². The van der Waals surface area contributed by atoms with Crippen molar-refractivity contribution in [2.45, 2.75) is 38.3 Å². The highest BCUT2D eigenvalue weighted by Crippen LogP contribution is 2.36. The van der Waals surface area contributed by atoms with Crippen molar-refractivity contribution in [1.82, 2.24) is 10.2 Å². The molecule has 2 amide bonds. The van der Waals surface area contributed by atoms with E-state index in [-0.39, 0.29) is 28.6 Å². The van der Waals surface area contributed by atoms with E-state index in [1.165, 1.54) is 54.3 Å². The lowest BCUT2D eigenvalue weighted by molar-refractivity contribution is -0.139. The molecule has 41 heavy (non-hydrogen) atoms. The van der Waals surface area contributed by atoms with Crippen molar-refractivity contribution in [1.29, 1.82) is 0 Å². The standard InChI is InChI=1S/C30H34FN3O6S/c1-21(2)18-32-30(36)22(3)33(19-23-9-7-8-12-26(23)31)29(35)20-34(41(37,38)25-10-5-4-6-11-25)24-13-14-27-28(17-24)40-16-15-39-27/h4-14,17,21-22H,15-16,18-20H2,1-3H3,(H,32,36)/t22-/m1/s1. The second-order valence-electron chi connectivity index (χ2n) is 10.1. The van der Waals surface area contributed by atoms with Gasteiger partial charge in [-0.3, -0.25) is 13.9 Å².